The van der Waals surface area contributed by atoms with Gasteiger partial charge in [0.2, 0.25) is 0 Å². The molecular formula is C14H16BrN3O. The molecule has 5 heteroatoms. The zero-order valence-corrected chi connectivity index (χ0v) is 12.6. The highest BCUT2D eigenvalue weighted by Gasteiger charge is 2.09. The second-order valence-corrected chi connectivity index (χ2v) is 4.95. The quantitative estimate of drug-likeness (QED) is 0.911. The lowest BCUT2D eigenvalue weighted by Gasteiger charge is -2.09. The fourth-order valence-corrected chi connectivity index (χ4v) is 2.06. The van der Waals surface area contributed by atoms with Crippen molar-refractivity contribution in [2.24, 2.45) is 0 Å². The van der Waals surface area contributed by atoms with E-state index < -0.39 is 0 Å². The molecule has 0 fully saturated rings. The van der Waals surface area contributed by atoms with Gasteiger partial charge in [0.05, 0.1) is 12.7 Å². The van der Waals surface area contributed by atoms with Gasteiger partial charge in [-0.25, -0.2) is 9.97 Å². The van der Waals surface area contributed by atoms with Crippen LogP contribution >= 0.6 is 15.9 Å². The third-order valence-corrected chi connectivity index (χ3v) is 3.11. The SMILES string of the molecule is CCCNc1ccnc(-c2cc(Br)ccc2OC)n1. The van der Waals surface area contributed by atoms with E-state index in [0.717, 1.165) is 34.6 Å². The normalized spacial score (nSPS) is 10.3. The highest BCUT2D eigenvalue weighted by atomic mass is 79.9. The lowest BCUT2D eigenvalue weighted by molar-refractivity contribution is 0.416. The molecule has 0 spiro atoms. The molecule has 0 aliphatic heterocycles. The Labute approximate surface area is 121 Å². The number of rotatable bonds is 5. The van der Waals surface area contributed by atoms with E-state index >= 15 is 0 Å². The maximum absolute atomic E-state index is 5.35. The van der Waals surface area contributed by atoms with E-state index in [1.54, 1.807) is 13.3 Å². The van der Waals surface area contributed by atoms with Gasteiger partial charge in [-0.1, -0.05) is 22.9 Å². The Morgan fingerprint density at radius 3 is 2.89 bits per heavy atom. The van der Waals surface area contributed by atoms with Crippen LogP contribution in [0.25, 0.3) is 11.4 Å². The van der Waals surface area contributed by atoms with Crippen LogP contribution in [0, 0.1) is 0 Å². The van der Waals surface area contributed by atoms with E-state index in [0.29, 0.717) is 5.82 Å². The van der Waals surface area contributed by atoms with Crippen LogP contribution in [-0.2, 0) is 0 Å². The molecule has 100 valence electrons. The maximum atomic E-state index is 5.35. The van der Waals surface area contributed by atoms with Gasteiger partial charge in [-0.3, -0.25) is 0 Å². The number of nitrogens with zero attached hydrogens (tertiary/aromatic N) is 2. The van der Waals surface area contributed by atoms with Crippen molar-refractivity contribution in [3.63, 3.8) is 0 Å². The van der Waals surface area contributed by atoms with Gasteiger partial charge in [-0.2, -0.15) is 0 Å². The van der Waals surface area contributed by atoms with Crippen LogP contribution in [0.4, 0.5) is 5.82 Å². The number of methoxy groups -OCH3 is 1. The first-order chi connectivity index (χ1) is 9.24. The smallest absolute Gasteiger partial charge is 0.165 e. The molecule has 0 amide bonds. The van der Waals surface area contributed by atoms with E-state index in [-0.39, 0.29) is 0 Å². The highest BCUT2D eigenvalue weighted by molar-refractivity contribution is 9.10. The zero-order chi connectivity index (χ0) is 13.7. The molecule has 0 saturated heterocycles. The van der Waals surface area contributed by atoms with Crippen LogP contribution in [0.2, 0.25) is 0 Å². The van der Waals surface area contributed by atoms with Crippen LogP contribution < -0.4 is 10.1 Å². The number of benzene rings is 1. The number of ether oxygens (including phenoxy) is 1. The van der Waals surface area contributed by atoms with Crippen molar-refractivity contribution in [3.05, 3.63) is 34.9 Å². The Balaban J connectivity index is 2.38. The molecule has 1 aromatic carbocycles. The largest absolute Gasteiger partial charge is 0.496 e. The minimum absolute atomic E-state index is 0.652. The Morgan fingerprint density at radius 2 is 2.16 bits per heavy atom. The number of anilines is 1. The van der Waals surface area contributed by atoms with Gasteiger partial charge in [-0.05, 0) is 30.7 Å². The van der Waals surface area contributed by atoms with E-state index in [1.807, 2.05) is 24.3 Å². The first-order valence-electron chi connectivity index (χ1n) is 6.15. The summed E-state index contributed by atoms with van der Waals surface area (Å²) in [7, 11) is 1.64. The molecule has 0 saturated carbocycles. The van der Waals surface area contributed by atoms with Gasteiger partial charge in [0.25, 0.3) is 0 Å². The van der Waals surface area contributed by atoms with Crippen LogP contribution in [-0.4, -0.2) is 23.6 Å². The minimum Gasteiger partial charge on any atom is -0.496 e. The second-order valence-electron chi connectivity index (χ2n) is 4.04. The number of nitrogens with one attached hydrogen (secondary N) is 1. The summed E-state index contributed by atoms with van der Waals surface area (Å²) < 4.78 is 6.33. The van der Waals surface area contributed by atoms with Gasteiger partial charge in [0.15, 0.2) is 5.82 Å². The summed E-state index contributed by atoms with van der Waals surface area (Å²) in [5.74, 6) is 2.24. The summed E-state index contributed by atoms with van der Waals surface area (Å²) in [6, 6.07) is 7.65. The fraction of sp³-hybridized carbons (Fsp3) is 0.286. The van der Waals surface area contributed by atoms with Gasteiger partial charge in [0, 0.05) is 17.2 Å². The molecular weight excluding hydrogens is 306 g/mol. The minimum atomic E-state index is 0.652. The monoisotopic (exact) mass is 321 g/mol. The lowest BCUT2D eigenvalue weighted by Crippen LogP contribution is -2.03. The standard InChI is InChI=1S/C14H16BrN3O/c1-3-7-16-13-6-8-17-14(18-13)11-9-10(15)4-5-12(11)19-2/h4-6,8-9H,3,7H2,1-2H3,(H,16,17,18). The fourth-order valence-electron chi connectivity index (χ4n) is 1.69. The third-order valence-electron chi connectivity index (χ3n) is 2.61. The first kappa shape index (κ1) is 13.8. The highest BCUT2D eigenvalue weighted by Crippen LogP contribution is 2.30. The molecule has 0 bridgehead atoms. The molecule has 0 atom stereocenters. The van der Waals surface area contributed by atoms with Crippen LogP contribution in [0.3, 0.4) is 0 Å². The van der Waals surface area contributed by atoms with Gasteiger partial charge in [0.1, 0.15) is 11.6 Å². The van der Waals surface area contributed by atoms with Crippen molar-refractivity contribution in [2.45, 2.75) is 13.3 Å². The average molecular weight is 322 g/mol. The Morgan fingerprint density at radius 1 is 1.32 bits per heavy atom. The molecule has 2 rings (SSSR count). The molecule has 2 aromatic rings. The molecule has 4 nitrogen and oxygen atoms in total. The summed E-state index contributed by atoms with van der Waals surface area (Å²) in [6.45, 7) is 3.01. The summed E-state index contributed by atoms with van der Waals surface area (Å²) in [6.07, 6.45) is 2.81. The van der Waals surface area contributed by atoms with Crippen molar-refractivity contribution in [2.75, 3.05) is 19.0 Å². The second kappa shape index (κ2) is 6.52. The summed E-state index contributed by atoms with van der Waals surface area (Å²) in [4.78, 5) is 8.82. The number of aromatic nitrogens is 2. The van der Waals surface area contributed by atoms with E-state index in [9.17, 15) is 0 Å². The lowest BCUT2D eigenvalue weighted by atomic mass is 10.2. The van der Waals surface area contributed by atoms with Crippen LogP contribution in [0.1, 0.15) is 13.3 Å². The van der Waals surface area contributed by atoms with Crippen molar-refractivity contribution in [1.82, 2.24) is 9.97 Å². The Hall–Kier alpha value is -1.62. The predicted octanol–water partition coefficient (Wildman–Crippen LogP) is 3.74. The van der Waals surface area contributed by atoms with Gasteiger partial charge < -0.3 is 10.1 Å². The third kappa shape index (κ3) is 3.44. The molecule has 0 radical (unpaired) electrons. The molecule has 1 aromatic heterocycles. The van der Waals surface area contributed by atoms with Crippen molar-refractivity contribution < 1.29 is 4.74 Å². The number of hydrogen-bond donors (Lipinski definition) is 1. The van der Waals surface area contributed by atoms with E-state index in [2.05, 4.69) is 38.1 Å². The molecule has 1 heterocycles. The van der Waals surface area contributed by atoms with Crippen LogP contribution in [0.15, 0.2) is 34.9 Å². The molecule has 0 aliphatic rings. The van der Waals surface area contributed by atoms with Gasteiger partial charge >= 0.3 is 0 Å². The Kier molecular flexibility index (Phi) is 4.74. The number of halogens is 1. The zero-order valence-electron chi connectivity index (χ0n) is 11.0. The molecule has 19 heavy (non-hydrogen) atoms. The van der Waals surface area contributed by atoms with E-state index in [4.69, 9.17) is 4.74 Å². The van der Waals surface area contributed by atoms with Gasteiger partial charge in [-0.15, -0.1) is 0 Å². The molecule has 1 N–H and O–H groups in total. The maximum Gasteiger partial charge on any atom is 0.165 e. The average Bonchev–Trinajstić information content (AvgIpc) is 2.45. The summed E-state index contributed by atoms with van der Waals surface area (Å²) in [5, 5.41) is 3.25. The summed E-state index contributed by atoms with van der Waals surface area (Å²) in [5.41, 5.74) is 0.872. The van der Waals surface area contributed by atoms with Crippen molar-refractivity contribution in [1.29, 1.82) is 0 Å². The van der Waals surface area contributed by atoms with Crippen molar-refractivity contribution >= 4 is 21.7 Å². The van der Waals surface area contributed by atoms with Crippen molar-refractivity contribution in [3.8, 4) is 17.1 Å². The predicted molar refractivity (Wildman–Crippen MR) is 80.5 cm³/mol. The molecule has 0 unspecified atom stereocenters. The number of hydrogen-bond acceptors (Lipinski definition) is 4. The Bertz CT molecular complexity index is 560. The summed E-state index contributed by atoms with van der Waals surface area (Å²) >= 11 is 3.46. The van der Waals surface area contributed by atoms with E-state index in [1.165, 1.54) is 0 Å². The topological polar surface area (TPSA) is 47.0 Å². The molecule has 0 aliphatic carbocycles. The van der Waals surface area contributed by atoms with Crippen LogP contribution in [0.5, 0.6) is 5.75 Å². The first-order valence-corrected chi connectivity index (χ1v) is 6.94.